The lowest BCUT2D eigenvalue weighted by atomic mass is 10.1. The fourth-order valence-corrected chi connectivity index (χ4v) is 2.92. The Hall–Kier alpha value is -2.73. The van der Waals surface area contributed by atoms with Gasteiger partial charge in [-0.3, -0.25) is 19.8 Å². The van der Waals surface area contributed by atoms with Gasteiger partial charge in [0.15, 0.2) is 0 Å². The molecule has 2 N–H and O–H groups in total. The second kappa shape index (κ2) is 7.03. The van der Waals surface area contributed by atoms with Crippen molar-refractivity contribution in [2.75, 3.05) is 0 Å². The Morgan fingerprint density at radius 1 is 1.20 bits per heavy atom. The van der Waals surface area contributed by atoms with Crippen molar-refractivity contribution in [2.24, 2.45) is 5.73 Å². The van der Waals surface area contributed by atoms with E-state index in [1.54, 1.807) is 12.1 Å². The second-order valence-corrected chi connectivity index (χ2v) is 6.59. The van der Waals surface area contributed by atoms with Gasteiger partial charge >= 0.3 is 0 Å². The molecule has 6 nitrogen and oxygen atoms in total. The zero-order valence-electron chi connectivity index (χ0n) is 14.1. The minimum Gasteiger partial charge on any atom is -0.366 e. The van der Waals surface area contributed by atoms with Crippen molar-refractivity contribution in [3.63, 3.8) is 0 Å². The third-order valence-electron chi connectivity index (χ3n) is 4.51. The van der Waals surface area contributed by atoms with Crippen molar-refractivity contribution in [3.05, 3.63) is 74.8 Å². The normalized spacial score (nSPS) is 13.8. The summed E-state index contributed by atoms with van der Waals surface area (Å²) in [5.41, 5.74) is 8.35. The van der Waals surface area contributed by atoms with E-state index >= 15 is 0 Å². The SMILES string of the molecule is Cc1ccc(CN(Cc2ccc(C(N)=O)cc2[N+](=O)[O-])C2CC2)cc1. The molecule has 1 amide bonds. The maximum atomic E-state index is 11.4. The van der Waals surface area contributed by atoms with Crippen molar-refractivity contribution in [2.45, 2.75) is 38.9 Å². The van der Waals surface area contributed by atoms with Gasteiger partial charge in [-0.1, -0.05) is 35.9 Å². The van der Waals surface area contributed by atoms with Gasteiger partial charge in [0, 0.05) is 36.3 Å². The lowest BCUT2D eigenvalue weighted by Crippen LogP contribution is -2.25. The van der Waals surface area contributed by atoms with Crippen LogP contribution in [0.1, 0.15) is 39.9 Å². The van der Waals surface area contributed by atoms with Gasteiger partial charge in [-0.2, -0.15) is 0 Å². The molecule has 3 rings (SSSR count). The molecule has 130 valence electrons. The van der Waals surface area contributed by atoms with Crippen molar-refractivity contribution in [3.8, 4) is 0 Å². The molecule has 0 aromatic heterocycles. The molecule has 0 atom stereocenters. The average Bonchev–Trinajstić information content (AvgIpc) is 3.41. The number of carbonyl (C=O) groups is 1. The molecule has 0 bridgehead atoms. The summed E-state index contributed by atoms with van der Waals surface area (Å²) >= 11 is 0. The highest BCUT2D eigenvalue weighted by molar-refractivity contribution is 5.93. The Balaban J connectivity index is 1.83. The zero-order chi connectivity index (χ0) is 18.0. The van der Waals surface area contributed by atoms with E-state index in [-0.39, 0.29) is 11.3 Å². The third-order valence-corrected chi connectivity index (χ3v) is 4.51. The predicted octanol–water partition coefficient (Wildman–Crippen LogP) is 3.17. The van der Waals surface area contributed by atoms with E-state index in [2.05, 4.69) is 29.2 Å². The first-order valence-corrected chi connectivity index (χ1v) is 8.31. The number of carbonyl (C=O) groups excluding carboxylic acids is 1. The monoisotopic (exact) mass is 339 g/mol. The van der Waals surface area contributed by atoms with E-state index in [0.29, 0.717) is 18.2 Å². The summed E-state index contributed by atoms with van der Waals surface area (Å²) in [6.07, 6.45) is 2.22. The van der Waals surface area contributed by atoms with E-state index in [1.165, 1.54) is 17.2 Å². The molecule has 0 radical (unpaired) electrons. The van der Waals surface area contributed by atoms with E-state index < -0.39 is 10.8 Å². The smallest absolute Gasteiger partial charge is 0.274 e. The number of rotatable bonds is 7. The van der Waals surface area contributed by atoms with Gasteiger partial charge in [-0.05, 0) is 31.4 Å². The number of nitro groups is 1. The topological polar surface area (TPSA) is 89.5 Å². The van der Waals surface area contributed by atoms with Gasteiger partial charge in [0.25, 0.3) is 5.69 Å². The molecule has 0 aliphatic heterocycles. The van der Waals surface area contributed by atoms with Crippen molar-refractivity contribution >= 4 is 11.6 Å². The van der Waals surface area contributed by atoms with Crippen LogP contribution in [0, 0.1) is 17.0 Å². The first kappa shape index (κ1) is 17.1. The van der Waals surface area contributed by atoms with Gasteiger partial charge in [0.2, 0.25) is 5.91 Å². The summed E-state index contributed by atoms with van der Waals surface area (Å²) in [4.78, 5) is 24.5. The first-order valence-electron chi connectivity index (χ1n) is 8.31. The molecule has 6 heteroatoms. The fourth-order valence-electron chi connectivity index (χ4n) is 2.92. The molecule has 1 aliphatic rings. The molecule has 1 aliphatic carbocycles. The Kier molecular flexibility index (Phi) is 4.81. The van der Waals surface area contributed by atoms with Crippen LogP contribution in [0.15, 0.2) is 42.5 Å². The summed E-state index contributed by atoms with van der Waals surface area (Å²) < 4.78 is 0. The quantitative estimate of drug-likeness (QED) is 0.620. The molecule has 0 spiro atoms. The highest BCUT2D eigenvalue weighted by Gasteiger charge is 2.30. The molecule has 2 aromatic rings. The number of nitrogens with zero attached hydrogens (tertiary/aromatic N) is 2. The number of nitro benzene ring substituents is 1. The maximum Gasteiger partial charge on any atom is 0.274 e. The fraction of sp³-hybridized carbons (Fsp3) is 0.316. The number of hydrogen-bond donors (Lipinski definition) is 1. The highest BCUT2D eigenvalue weighted by Crippen LogP contribution is 2.32. The van der Waals surface area contributed by atoms with Crippen LogP contribution >= 0.6 is 0 Å². The predicted molar refractivity (Wildman–Crippen MR) is 95.1 cm³/mol. The lowest BCUT2D eigenvalue weighted by molar-refractivity contribution is -0.385. The first-order chi connectivity index (χ1) is 11.9. The molecule has 25 heavy (non-hydrogen) atoms. The minimum atomic E-state index is -0.659. The molecular formula is C19H21N3O3. The van der Waals surface area contributed by atoms with Crippen LogP contribution in [-0.4, -0.2) is 21.8 Å². The van der Waals surface area contributed by atoms with Crippen LogP contribution < -0.4 is 5.73 Å². The number of aryl methyl sites for hydroxylation is 1. The highest BCUT2D eigenvalue weighted by atomic mass is 16.6. The molecule has 1 saturated carbocycles. The summed E-state index contributed by atoms with van der Waals surface area (Å²) in [5, 5.41) is 11.4. The largest absolute Gasteiger partial charge is 0.366 e. The van der Waals surface area contributed by atoms with Crippen LogP contribution in [0.2, 0.25) is 0 Å². The van der Waals surface area contributed by atoms with Crippen LogP contribution in [0.5, 0.6) is 0 Å². The second-order valence-electron chi connectivity index (χ2n) is 6.59. The molecule has 0 saturated heterocycles. The summed E-state index contributed by atoms with van der Waals surface area (Å²) in [6.45, 7) is 3.28. The molecule has 0 heterocycles. The van der Waals surface area contributed by atoms with Crippen LogP contribution in [0.25, 0.3) is 0 Å². The average molecular weight is 339 g/mol. The molecule has 2 aromatic carbocycles. The van der Waals surface area contributed by atoms with Crippen LogP contribution in [0.3, 0.4) is 0 Å². The minimum absolute atomic E-state index is 0.0501. The van der Waals surface area contributed by atoms with E-state index in [9.17, 15) is 14.9 Å². The Morgan fingerprint density at radius 2 is 1.88 bits per heavy atom. The standard InChI is InChI=1S/C19H21N3O3/c1-13-2-4-14(5-3-13)11-21(17-8-9-17)12-16-7-6-15(19(20)23)10-18(16)22(24)25/h2-7,10,17H,8-9,11-12H2,1H3,(H2,20,23). The summed E-state index contributed by atoms with van der Waals surface area (Å²) in [5.74, 6) is -0.659. The molecular weight excluding hydrogens is 318 g/mol. The lowest BCUT2D eigenvalue weighted by Gasteiger charge is -2.22. The zero-order valence-corrected chi connectivity index (χ0v) is 14.1. The van der Waals surface area contributed by atoms with E-state index in [4.69, 9.17) is 5.73 Å². The number of amides is 1. The molecule has 0 unspecified atom stereocenters. The van der Waals surface area contributed by atoms with Gasteiger partial charge in [-0.25, -0.2) is 0 Å². The Bertz CT molecular complexity index is 798. The van der Waals surface area contributed by atoms with Crippen molar-refractivity contribution in [1.29, 1.82) is 0 Å². The number of hydrogen-bond acceptors (Lipinski definition) is 4. The van der Waals surface area contributed by atoms with Gasteiger partial charge in [0.05, 0.1) is 4.92 Å². The maximum absolute atomic E-state index is 11.4. The van der Waals surface area contributed by atoms with E-state index in [1.807, 2.05) is 6.92 Å². The Labute approximate surface area is 146 Å². The molecule has 1 fully saturated rings. The van der Waals surface area contributed by atoms with Gasteiger partial charge in [0.1, 0.15) is 0 Å². The number of primary amides is 1. The Morgan fingerprint density at radius 3 is 2.44 bits per heavy atom. The van der Waals surface area contributed by atoms with E-state index in [0.717, 1.165) is 19.4 Å². The number of benzene rings is 2. The summed E-state index contributed by atoms with van der Waals surface area (Å²) in [6, 6.07) is 13.3. The van der Waals surface area contributed by atoms with Crippen LogP contribution in [0.4, 0.5) is 5.69 Å². The van der Waals surface area contributed by atoms with Gasteiger partial charge in [-0.15, -0.1) is 0 Å². The third kappa shape index (κ3) is 4.22. The summed E-state index contributed by atoms with van der Waals surface area (Å²) in [7, 11) is 0. The van der Waals surface area contributed by atoms with Crippen molar-refractivity contribution < 1.29 is 9.72 Å². The van der Waals surface area contributed by atoms with Gasteiger partial charge < -0.3 is 5.73 Å². The number of nitrogens with two attached hydrogens (primary N) is 1. The van der Waals surface area contributed by atoms with Crippen molar-refractivity contribution in [1.82, 2.24) is 4.90 Å². The van der Waals surface area contributed by atoms with Crippen LogP contribution in [-0.2, 0) is 13.1 Å².